The van der Waals surface area contributed by atoms with Gasteiger partial charge in [-0.05, 0) is 0 Å². The van der Waals surface area contributed by atoms with E-state index < -0.39 is 7.26 Å². The van der Waals surface area contributed by atoms with Gasteiger partial charge in [0.25, 0.3) is 0 Å². The molecule has 0 radical (unpaired) electrons. The van der Waals surface area contributed by atoms with Gasteiger partial charge in [0, 0.05) is 0 Å². The minimum absolute atomic E-state index is 0.885. The fourth-order valence-electron chi connectivity index (χ4n) is 6.37. The second-order valence-electron chi connectivity index (χ2n) is 14.9. The van der Waals surface area contributed by atoms with Crippen molar-refractivity contribution in [3.8, 4) is 0 Å². The molecule has 1 heteroatoms. The SMILES string of the molecule is CC(C)CCCCCC[PH](CCCCCCC(C)C)(CCCCCCC(C)C)CCCCCCC(C)C. The molecule has 0 bridgehead atoms. The van der Waals surface area contributed by atoms with Gasteiger partial charge in [-0.2, -0.15) is 0 Å². The van der Waals surface area contributed by atoms with E-state index >= 15 is 0 Å². The van der Waals surface area contributed by atoms with Crippen LogP contribution in [-0.2, 0) is 0 Å². The monoisotopic (exact) mass is 541 g/mol. The van der Waals surface area contributed by atoms with Crippen molar-refractivity contribution in [3.05, 3.63) is 0 Å². The predicted molar refractivity (Wildman–Crippen MR) is 179 cm³/mol. The molecule has 0 aliphatic heterocycles. The molecule has 0 aromatic rings. The Kier molecular flexibility index (Phi) is 25.7. The molecule has 0 aliphatic carbocycles. The molecular weight excluding hydrogens is 463 g/mol. The summed E-state index contributed by atoms with van der Waals surface area (Å²) in [5, 5.41) is 0. The van der Waals surface area contributed by atoms with Crippen LogP contribution in [0, 0.1) is 23.7 Å². The molecule has 0 nitrogen and oxygen atoms in total. The molecule has 0 aliphatic rings. The van der Waals surface area contributed by atoms with Gasteiger partial charge in [-0.3, -0.25) is 0 Å². The van der Waals surface area contributed by atoms with Crippen LogP contribution in [0.5, 0.6) is 0 Å². The molecule has 0 N–H and O–H groups in total. The maximum atomic E-state index is 2.39. The standard InChI is InChI=1S/C36H77P/c1-33(2)25-17-9-13-21-29-37(30-22-14-10-18-26-34(3)4,31-23-15-11-19-27-35(5)6)32-24-16-12-20-28-36(7)8/h33-37H,9-32H2,1-8H3. The normalized spacial score (nSPS) is 13.1. The molecule has 226 valence electrons. The third-order valence-electron chi connectivity index (χ3n) is 8.95. The summed E-state index contributed by atoms with van der Waals surface area (Å²) >= 11 is 0. The first kappa shape index (κ1) is 37.4. The fourth-order valence-corrected chi connectivity index (χ4v) is 11.9. The van der Waals surface area contributed by atoms with E-state index in [0.29, 0.717) is 0 Å². The van der Waals surface area contributed by atoms with Crippen molar-refractivity contribution >= 4 is 7.26 Å². The number of hydrogen-bond donors (Lipinski definition) is 0. The second-order valence-corrected chi connectivity index (χ2v) is 19.9. The van der Waals surface area contributed by atoms with E-state index in [-0.39, 0.29) is 0 Å². The number of rotatable bonds is 28. The Morgan fingerprint density at radius 2 is 0.459 bits per heavy atom. The van der Waals surface area contributed by atoms with E-state index in [4.69, 9.17) is 0 Å². The van der Waals surface area contributed by atoms with Crippen LogP contribution >= 0.6 is 7.26 Å². The molecule has 0 saturated heterocycles. The maximum absolute atomic E-state index is 2.39. The summed E-state index contributed by atoms with van der Waals surface area (Å²) < 4.78 is 0. The van der Waals surface area contributed by atoms with Gasteiger partial charge in [-0.1, -0.05) is 0 Å². The molecule has 0 heterocycles. The van der Waals surface area contributed by atoms with Crippen LogP contribution < -0.4 is 0 Å². The van der Waals surface area contributed by atoms with Gasteiger partial charge in [0.1, 0.15) is 0 Å². The van der Waals surface area contributed by atoms with Crippen molar-refractivity contribution in [2.45, 2.75) is 184 Å². The Morgan fingerprint density at radius 3 is 0.649 bits per heavy atom. The first-order valence-corrected chi connectivity index (χ1v) is 20.5. The fraction of sp³-hybridized carbons (Fsp3) is 1.00. The van der Waals surface area contributed by atoms with E-state index in [1.54, 1.807) is 50.3 Å². The van der Waals surface area contributed by atoms with Gasteiger partial charge in [-0.25, -0.2) is 0 Å². The Bertz CT molecular complexity index is 364. The molecule has 0 spiro atoms. The van der Waals surface area contributed by atoms with Crippen molar-refractivity contribution < 1.29 is 0 Å². The van der Waals surface area contributed by atoms with E-state index in [9.17, 15) is 0 Å². The summed E-state index contributed by atoms with van der Waals surface area (Å²) in [6, 6.07) is 0. The third kappa shape index (κ3) is 26.4. The quantitative estimate of drug-likeness (QED) is 0.0683. The molecule has 0 amide bonds. The molecule has 0 rings (SSSR count). The first-order valence-electron chi connectivity index (χ1n) is 17.7. The van der Waals surface area contributed by atoms with Gasteiger partial charge < -0.3 is 0 Å². The van der Waals surface area contributed by atoms with E-state index in [1.807, 2.05) is 0 Å². The van der Waals surface area contributed by atoms with Crippen LogP contribution in [0.25, 0.3) is 0 Å². The summed E-state index contributed by atoms with van der Waals surface area (Å²) in [4.78, 5) is 0. The van der Waals surface area contributed by atoms with Crippen molar-refractivity contribution in [3.63, 3.8) is 0 Å². The van der Waals surface area contributed by atoms with Crippen LogP contribution in [0.4, 0.5) is 0 Å². The zero-order valence-corrected chi connectivity index (χ0v) is 28.8. The van der Waals surface area contributed by atoms with Crippen molar-refractivity contribution in [2.24, 2.45) is 23.7 Å². The van der Waals surface area contributed by atoms with Crippen molar-refractivity contribution in [1.82, 2.24) is 0 Å². The van der Waals surface area contributed by atoms with E-state index in [2.05, 4.69) is 55.4 Å². The van der Waals surface area contributed by atoms with Crippen molar-refractivity contribution in [2.75, 3.05) is 24.6 Å². The van der Waals surface area contributed by atoms with Gasteiger partial charge >= 0.3 is 239 Å². The number of hydrogen-bond acceptors (Lipinski definition) is 0. The van der Waals surface area contributed by atoms with Gasteiger partial charge in [0.2, 0.25) is 0 Å². The molecule has 0 saturated carbocycles. The van der Waals surface area contributed by atoms with Crippen LogP contribution in [0.15, 0.2) is 0 Å². The molecular formula is C36H77P. The summed E-state index contributed by atoms with van der Waals surface area (Å²) in [5.41, 5.74) is 0. The van der Waals surface area contributed by atoms with Gasteiger partial charge in [0.15, 0.2) is 0 Å². The van der Waals surface area contributed by atoms with E-state index in [0.717, 1.165) is 23.7 Å². The average Bonchev–Trinajstić information content (AvgIpc) is 2.82. The Balaban J connectivity index is 4.89. The molecule has 0 unspecified atom stereocenters. The predicted octanol–water partition coefficient (Wildman–Crippen LogP) is 13.2. The topological polar surface area (TPSA) is 0 Å². The van der Waals surface area contributed by atoms with E-state index in [1.165, 1.54) is 103 Å². The zero-order chi connectivity index (χ0) is 27.8. The Morgan fingerprint density at radius 1 is 0.270 bits per heavy atom. The molecule has 0 fully saturated rings. The summed E-state index contributed by atoms with van der Waals surface area (Å²) in [7, 11) is -1.12. The average molecular weight is 541 g/mol. The zero-order valence-electron chi connectivity index (χ0n) is 27.8. The molecule has 0 aromatic heterocycles. The van der Waals surface area contributed by atoms with Crippen LogP contribution in [-0.4, -0.2) is 24.6 Å². The Labute approximate surface area is 239 Å². The van der Waals surface area contributed by atoms with Gasteiger partial charge in [-0.15, -0.1) is 0 Å². The third-order valence-corrected chi connectivity index (χ3v) is 14.6. The molecule has 0 aromatic carbocycles. The summed E-state index contributed by atoms with van der Waals surface area (Å²) in [6.07, 6.45) is 36.5. The van der Waals surface area contributed by atoms with Crippen LogP contribution in [0.3, 0.4) is 0 Å². The van der Waals surface area contributed by atoms with Crippen LogP contribution in [0.1, 0.15) is 184 Å². The van der Waals surface area contributed by atoms with Crippen molar-refractivity contribution in [1.29, 1.82) is 0 Å². The Hall–Kier alpha value is 0.430. The second kappa shape index (κ2) is 25.4. The summed E-state index contributed by atoms with van der Waals surface area (Å²) in [5.74, 6) is 3.54. The molecule has 0 atom stereocenters. The minimum atomic E-state index is -1.12. The first-order chi connectivity index (χ1) is 17.7. The van der Waals surface area contributed by atoms with Crippen LogP contribution in [0.2, 0.25) is 0 Å². The number of unbranched alkanes of at least 4 members (excludes halogenated alkanes) is 12. The van der Waals surface area contributed by atoms with Gasteiger partial charge in [0.05, 0.1) is 0 Å². The molecule has 37 heavy (non-hydrogen) atoms. The summed E-state index contributed by atoms with van der Waals surface area (Å²) in [6.45, 7) is 19.1.